The van der Waals surface area contributed by atoms with E-state index in [1.807, 2.05) is 38.3 Å². The zero-order valence-corrected chi connectivity index (χ0v) is 15.7. The number of furan rings is 1. The molecule has 1 aromatic carbocycles. The maximum Gasteiger partial charge on any atom is 0.206 e. The Labute approximate surface area is 155 Å². The molecule has 0 amide bonds. The average molecular weight is 371 g/mol. The van der Waals surface area contributed by atoms with E-state index in [0.717, 1.165) is 21.8 Å². The molecule has 6 nitrogen and oxygen atoms in total. The van der Waals surface area contributed by atoms with Crippen LogP contribution in [0.3, 0.4) is 0 Å². The molecule has 0 saturated carbocycles. The third-order valence-electron chi connectivity index (χ3n) is 3.43. The number of benzene rings is 1. The molecular weight excluding hydrogens is 350 g/mol. The number of phenols is 1. The Morgan fingerprint density at radius 3 is 2.88 bits per heavy atom. The molecule has 7 heteroatoms. The summed E-state index contributed by atoms with van der Waals surface area (Å²) in [4.78, 5) is 5.41. The van der Waals surface area contributed by atoms with Crippen molar-refractivity contribution >= 4 is 17.6 Å². The Kier molecular flexibility index (Phi) is 5.58. The molecule has 0 aliphatic rings. The lowest BCUT2D eigenvalue weighted by molar-refractivity contribution is 0.318. The van der Waals surface area contributed by atoms with Gasteiger partial charge in [0.15, 0.2) is 17.3 Å². The van der Waals surface area contributed by atoms with Gasteiger partial charge in [-0.15, -0.1) is 11.3 Å². The number of aromatic nitrogens is 1. The summed E-state index contributed by atoms with van der Waals surface area (Å²) in [7, 11) is 0. The summed E-state index contributed by atoms with van der Waals surface area (Å²) in [5, 5.41) is 16.4. The molecule has 0 aliphatic carbocycles. The number of thiazole rings is 1. The zero-order valence-electron chi connectivity index (χ0n) is 14.9. The molecule has 0 unspecified atom stereocenters. The number of nitrogens with zero attached hydrogens (tertiary/aromatic N) is 3. The number of hydrogen-bond acceptors (Lipinski definition) is 6. The molecule has 0 atom stereocenters. The van der Waals surface area contributed by atoms with E-state index in [4.69, 9.17) is 9.15 Å². The van der Waals surface area contributed by atoms with Gasteiger partial charge in [-0.05, 0) is 56.7 Å². The van der Waals surface area contributed by atoms with Crippen molar-refractivity contribution < 1.29 is 14.3 Å². The average Bonchev–Trinajstić information content (AvgIpc) is 3.25. The van der Waals surface area contributed by atoms with Crippen LogP contribution >= 0.6 is 11.3 Å². The van der Waals surface area contributed by atoms with Crippen LogP contribution < -0.4 is 9.54 Å². The molecule has 0 fully saturated rings. The van der Waals surface area contributed by atoms with Crippen LogP contribution in [-0.4, -0.2) is 28.6 Å². The van der Waals surface area contributed by atoms with Gasteiger partial charge in [-0.1, -0.05) is 0 Å². The summed E-state index contributed by atoms with van der Waals surface area (Å²) in [6, 6.07) is 9.01. The summed E-state index contributed by atoms with van der Waals surface area (Å²) in [6.07, 6.45) is 3.34. The summed E-state index contributed by atoms with van der Waals surface area (Å²) >= 11 is 1.51. The van der Waals surface area contributed by atoms with E-state index in [0.29, 0.717) is 12.4 Å². The van der Waals surface area contributed by atoms with Crippen molar-refractivity contribution in [1.29, 1.82) is 0 Å². The van der Waals surface area contributed by atoms with Crippen molar-refractivity contribution in [2.45, 2.75) is 26.8 Å². The normalized spacial score (nSPS) is 12.4. The van der Waals surface area contributed by atoms with Crippen molar-refractivity contribution in [2.24, 2.45) is 10.1 Å². The quantitative estimate of drug-likeness (QED) is 0.663. The van der Waals surface area contributed by atoms with E-state index in [9.17, 15) is 5.11 Å². The first-order valence-electron chi connectivity index (χ1n) is 8.37. The Morgan fingerprint density at radius 2 is 2.19 bits per heavy atom. The minimum absolute atomic E-state index is 0.110. The van der Waals surface area contributed by atoms with E-state index in [2.05, 4.69) is 10.1 Å². The highest BCUT2D eigenvalue weighted by molar-refractivity contribution is 7.07. The highest BCUT2D eigenvalue weighted by Crippen LogP contribution is 2.26. The van der Waals surface area contributed by atoms with Crippen molar-refractivity contribution in [3.8, 4) is 23.0 Å². The molecule has 1 N–H and O–H groups in total. The van der Waals surface area contributed by atoms with Crippen molar-refractivity contribution in [2.75, 3.05) is 6.61 Å². The Balaban J connectivity index is 2.02. The molecule has 136 valence electrons. The smallest absolute Gasteiger partial charge is 0.206 e. The summed E-state index contributed by atoms with van der Waals surface area (Å²) in [6.45, 7) is 6.40. The fourth-order valence-electron chi connectivity index (χ4n) is 2.32. The SMILES string of the molecule is CCOc1cc(/C=N/n2c(-c3ccco3)csc2=NC(C)C)ccc1O. The van der Waals surface area contributed by atoms with Crippen LogP contribution in [0.25, 0.3) is 11.5 Å². The molecule has 26 heavy (non-hydrogen) atoms. The van der Waals surface area contributed by atoms with Crippen LogP contribution in [0, 0.1) is 0 Å². The minimum atomic E-state index is 0.110. The monoisotopic (exact) mass is 371 g/mol. The van der Waals surface area contributed by atoms with E-state index in [1.165, 1.54) is 11.3 Å². The lowest BCUT2D eigenvalue weighted by atomic mass is 10.2. The van der Waals surface area contributed by atoms with Gasteiger partial charge in [0.05, 0.1) is 19.1 Å². The van der Waals surface area contributed by atoms with Crippen LogP contribution in [0.15, 0.2) is 56.5 Å². The van der Waals surface area contributed by atoms with Crippen molar-refractivity contribution in [3.05, 3.63) is 52.3 Å². The van der Waals surface area contributed by atoms with Gasteiger partial charge in [-0.25, -0.2) is 4.68 Å². The number of phenolic OH excluding ortho intramolecular Hbond substituents is 1. The molecule has 3 aromatic rings. The Morgan fingerprint density at radius 1 is 1.35 bits per heavy atom. The second kappa shape index (κ2) is 8.05. The molecule has 2 aromatic heterocycles. The second-order valence-corrected chi connectivity index (χ2v) is 6.66. The lowest BCUT2D eigenvalue weighted by Gasteiger charge is -2.06. The fraction of sp³-hybridized carbons (Fsp3) is 0.263. The number of rotatable bonds is 6. The third kappa shape index (κ3) is 4.05. The molecule has 2 heterocycles. The molecule has 0 saturated heterocycles. The van der Waals surface area contributed by atoms with Gasteiger partial charge in [0.1, 0.15) is 5.69 Å². The van der Waals surface area contributed by atoms with Gasteiger partial charge in [-0.3, -0.25) is 4.99 Å². The minimum Gasteiger partial charge on any atom is -0.504 e. The van der Waals surface area contributed by atoms with E-state index in [-0.39, 0.29) is 11.8 Å². The number of aromatic hydroxyl groups is 1. The molecule has 3 rings (SSSR count). The van der Waals surface area contributed by atoms with Gasteiger partial charge < -0.3 is 14.3 Å². The van der Waals surface area contributed by atoms with E-state index in [1.54, 1.807) is 35.4 Å². The maximum atomic E-state index is 9.83. The van der Waals surface area contributed by atoms with Gasteiger partial charge >= 0.3 is 0 Å². The van der Waals surface area contributed by atoms with Crippen LogP contribution in [0.4, 0.5) is 0 Å². The zero-order chi connectivity index (χ0) is 18.5. The Bertz CT molecular complexity index is 953. The van der Waals surface area contributed by atoms with Crippen LogP contribution in [0.2, 0.25) is 0 Å². The molecular formula is C19H21N3O3S. The standard InChI is InChI=1S/C19H21N3O3S/c1-4-24-18-10-14(7-8-16(18)23)11-20-22-15(17-6-5-9-25-17)12-26-19(22)21-13(2)3/h5-13,23H,4H2,1-3H3/b20-11+,21-19?. The molecule has 0 bridgehead atoms. The summed E-state index contributed by atoms with van der Waals surface area (Å²) < 4.78 is 12.7. The van der Waals surface area contributed by atoms with Crippen LogP contribution in [0.5, 0.6) is 11.5 Å². The highest BCUT2D eigenvalue weighted by Gasteiger charge is 2.10. The predicted molar refractivity (Wildman–Crippen MR) is 103 cm³/mol. The fourth-order valence-corrected chi connectivity index (χ4v) is 3.27. The first-order chi connectivity index (χ1) is 12.6. The predicted octanol–water partition coefficient (Wildman–Crippen LogP) is 4.11. The molecule has 0 spiro atoms. The molecule has 0 radical (unpaired) electrons. The van der Waals surface area contributed by atoms with Crippen molar-refractivity contribution in [1.82, 2.24) is 4.68 Å². The van der Waals surface area contributed by atoms with Gasteiger partial charge in [0, 0.05) is 11.4 Å². The first kappa shape index (κ1) is 18.0. The largest absolute Gasteiger partial charge is 0.504 e. The van der Waals surface area contributed by atoms with Crippen LogP contribution in [-0.2, 0) is 0 Å². The Hall–Kier alpha value is -2.80. The first-order valence-corrected chi connectivity index (χ1v) is 9.25. The van der Waals surface area contributed by atoms with Crippen molar-refractivity contribution in [3.63, 3.8) is 0 Å². The van der Waals surface area contributed by atoms with E-state index >= 15 is 0 Å². The van der Waals surface area contributed by atoms with Gasteiger partial charge in [0.25, 0.3) is 0 Å². The summed E-state index contributed by atoms with van der Waals surface area (Å²) in [5.41, 5.74) is 1.64. The highest BCUT2D eigenvalue weighted by atomic mass is 32.1. The van der Waals surface area contributed by atoms with Gasteiger partial charge in [-0.2, -0.15) is 5.10 Å². The lowest BCUT2D eigenvalue weighted by Crippen LogP contribution is -2.14. The van der Waals surface area contributed by atoms with Gasteiger partial charge in [0.2, 0.25) is 4.80 Å². The number of ether oxygens (including phenoxy) is 1. The number of hydrogen-bond donors (Lipinski definition) is 1. The van der Waals surface area contributed by atoms with E-state index < -0.39 is 0 Å². The second-order valence-electron chi connectivity index (χ2n) is 5.82. The topological polar surface area (TPSA) is 72.2 Å². The molecule has 0 aliphatic heterocycles. The van der Waals surface area contributed by atoms with Crippen LogP contribution in [0.1, 0.15) is 26.3 Å². The third-order valence-corrected chi connectivity index (χ3v) is 4.26. The maximum absolute atomic E-state index is 9.83. The summed E-state index contributed by atoms with van der Waals surface area (Å²) in [5.74, 6) is 1.27.